The summed E-state index contributed by atoms with van der Waals surface area (Å²) in [5.74, 6) is -0.691. The van der Waals surface area contributed by atoms with Crippen LogP contribution in [0.2, 0.25) is 0 Å². The number of nitrogens with one attached hydrogen (secondary N) is 1. The van der Waals surface area contributed by atoms with E-state index in [1.165, 1.54) is 6.20 Å². The Labute approximate surface area is 104 Å². The topological polar surface area (TPSA) is 113 Å². The molecule has 1 aromatic rings. The van der Waals surface area contributed by atoms with E-state index < -0.39 is 27.4 Å². The van der Waals surface area contributed by atoms with Crippen LogP contribution in [0.15, 0.2) is 28.2 Å². The average Bonchev–Trinajstić information content (AvgIpc) is 2.78. The fourth-order valence-corrected chi connectivity index (χ4v) is 3.75. The van der Waals surface area contributed by atoms with Gasteiger partial charge in [0.2, 0.25) is 21.4 Å². The summed E-state index contributed by atoms with van der Waals surface area (Å²) < 4.78 is 25.5. The minimum absolute atomic E-state index is 0.199. The molecule has 0 aromatic carbocycles. The van der Waals surface area contributed by atoms with Gasteiger partial charge in [-0.1, -0.05) is 0 Å². The molecule has 8 heteroatoms. The van der Waals surface area contributed by atoms with E-state index in [0.29, 0.717) is 12.8 Å². The zero-order valence-corrected chi connectivity index (χ0v) is 10.3. The first-order valence-corrected chi connectivity index (χ1v) is 6.87. The SMILES string of the molecule is NC(=O)C1CCCN1S(=O)(=O)c1c[nH]ccc1=O. The lowest BCUT2D eigenvalue weighted by molar-refractivity contribution is -0.121. The van der Waals surface area contributed by atoms with Gasteiger partial charge in [0.05, 0.1) is 0 Å². The van der Waals surface area contributed by atoms with E-state index in [2.05, 4.69) is 4.98 Å². The van der Waals surface area contributed by atoms with Crippen LogP contribution in [0.5, 0.6) is 0 Å². The van der Waals surface area contributed by atoms with Crippen molar-refractivity contribution < 1.29 is 13.2 Å². The summed E-state index contributed by atoms with van der Waals surface area (Å²) in [5, 5.41) is 0. The molecule has 0 aliphatic carbocycles. The van der Waals surface area contributed by atoms with Crippen LogP contribution in [0.25, 0.3) is 0 Å². The predicted molar refractivity (Wildman–Crippen MR) is 63.2 cm³/mol. The maximum absolute atomic E-state index is 12.3. The van der Waals surface area contributed by atoms with E-state index in [1.54, 1.807) is 0 Å². The van der Waals surface area contributed by atoms with Crippen LogP contribution < -0.4 is 11.2 Å². The van der Waals surface area contributed by atoms with Crippen molar-refractivity contribution in [3.8, 4) is 0 Å². The van der Waals surface area contributed by atoms with E-state index in [9.17, 15) is 18.0 Å². The van der Waals surface area contributed by atoms with E-state index in [1.807, 2.05) is 0 Å². The molecule has 0 bridgehead atoms. The summed E-state index contributed by atoms with van der Waals surface area (Å²) in [6, 6.07) is 0.261. The van der Waals surface area contributed by atoms with Crippen molar-refractivity contribution >= 4 is 15.9 Å². The molecule has 0 spiro atoms. The zero-order chi connectivity index (χ0) is 13.3. The number of H-pyrrole nitrogens is 1. The standard InChI is InChI=1S/C10H13N3O4S/c11-10(15)7-2-1-5-13(7)18(16,17)9-6-12-4-3-8(9)14/h3-4,6-7H,1-2,5H2,(H2,11,15)(H,12,14). The molecule has 1 unspecified atom stereocenters. The molecule has 2 rings (SSSR count). The molecule has 0 radical (unpaired) electrons. The van der Waals surface area contributed by atoms with Crippen molar-refractivity contribution in [3.05, 3.63) is 28.7 Å². The number of sulfonamides is 1. The number of nitrogens with zero attached hydrogens (tertiary/aromatic N) is 1. The number of amides is 1. The van der Waals surface area contributed by atoms with Crippen LogP contribution in [0, 0.1) is 0 Å². The number of carbonyl (C=O) groups is 1. The molecule has 98 valence electrons. The molecular weight excluding hydrogens is 258 g/mol. The zero-order valence-electron chi connectivity index (χ0n) is 9.50. The van der Waals surface area contributed by atoms with Gasteiger partial charge in [0.1, 0.15) is 10.9 Å². The second kappa shape index (κ2) is 4.54. The minimum atomic E-state index is -3.97. The summed E-state index contributed by atoms with van der Waals surface area (Å²) in [6.07, 6.45) is 3.40. The molecule has 1 amide bonds. The van der Waals surface area contributed by atoms with Crippen LogP contribution in [0.1, 0.15) is 12.8 Å². The monoisotopic (exact) mass is 271 g/mol. The van der Waals surface area contributed by atoms with E-state index >= 15 is 0 Å². The van der Waals surface area contributed by atoms with Crippen LogP contribution in [-0.2, 0) is 14.8 Å². The van der Waals surface area contributed by atoms with Crippen molar-refractivity contribution in [2.45, 2.75) is 23.8 Å². The highest BCUT2D eigenvalue weighted by atomic mass is 32.2. The van der Waals surface area contributed by atoms with Gasteiger partial charge in [-0.25, -0.2) is 8.42 Å². The van der Waals surface area contributed by atoms with E-state index in [0.717, 1.165) is 16.6 Å². The molecule has 18 heavy (non-hydrogen) atoms. The molecule has 1 aliphatic heterocycles. The Balaban J connectivity index is 2.47. The average molecular weight is 271 g/mol. The van der Waals surface area contributed by atoms with Gasteiger partial charge in [0, 0.05) is 25.0 Å². The number of pyridine rings is 1. The molecule has 1 aliphatic rings. The van der Waals surface area contributed by atoms with Gasteiger partial charge < -0.3 is 10.7 Å². The Kier molecular flexibility index (Phi) is 3.22. The Morgan fingerprint density at radius 1 is 1.50 bits per heavy atom. The first-order chi connectivity index (χ1) is 8.44. The van der Waals surface area contributed by atoms with Crippen molar-refractivity contribution in [2.24, 2.45) is 5.73 Å². The molecule has 1 fully saturated rings. The Morgan fingerprint density at radius 2 is 2.22 bits per heavy atom. The summed E-state index contributed by atoms with van der Waals surface area (Å²) in [5.41, 5.74) is 4.56. The number of rotatable bonds is 3. The normalized spacial score (nSPS) is 21.0. The number of hydrogen-bond acceptors (Lipinski definition) is 4. The summed E-state index contributed by atoms with van der Waals surface area (Å²) in [6.45, 7) is 0.199. The van der Waals surface area contributed by atoms with Crippen LogP contribution in [-0.4, -0.2) is 36.2 Å². The first-order valence-electron chi connectivity index (χ1n) is 5.43. The second-order valence-corrected chi connectivity index (χ2v) is 5.91. The molecule has 0 saturated carbocycles. The second-order valence-electron chi connectivity index (χ2n) is 4.05. The lowest BCUT2D eigenvalue weighted by Crippen LogP contribution is -2.44. The Hall–Kier alpha value is -1.67. The van der Waals surface area contributed by atoms with Crippen LogP contribution in [0.3, 0.4) is 0 Å². The highest BCUT2D eigenvalue weighted by Gasteiger charge is 2.39. The van der Waals surface area contributed by atoms with Crippen LogP contribution in [0.4, 0.5) is 0 Å². The third kappa shape index (κ3) is 2.04. The van der Waals surface area contributed by atoms with E-state index in [4.69, 9.17) is 5.73 Å². The predicted octanol–water partition coefficient (Wildman–Crippen LogP) is -0.987. The third-order valence-corrected chi connectivity index (χ3v) is 4.84. The summed E-state index contributed by atoms with van der Waals surface area (Å²) in [4.78, 5) is 25.0. The number of aromatic amines is 1. The lowest BCUT2D eigenvalue weighted by Gasteiger charge is -2.20. The smallest absolute Gasteiger partial charge is 0.249 e. The molecular formula is C10H13N3O4S. The third-order valence-electron chi connectivity index (χ3n) is 2.91. The fraction of sp³-hybridized carbons (Fsp3) is 0.400. The van der Waals surface area contributed by atoms with Gasteiger partial charge in [-0.05, 0) is 12.8 Å². The summed E-state index contributed by atoms with van der Waals surface area (Å²) >= 11 is 0. The maximum Gasteiger partial charge on any atom is 0.249 e. The number of hydrogen-bond donors (Lipinski definition) is 2. The van der Waals surface area contributed by atoms with Gasteiger partial charge >= 0.3 is 0 Å². The first kappa shape index (κ1) is 12.8. The van der Waals surface area contributed by atoms with Gasteiger partial charge in [0.25, 0.3) is 0 Å². The number of aromatic nitrogens is 1. The van der Waals surface area contributed by atoms with Crippen molar-refractivity contribution in [3.63, 3.8) is 0 Å². The molecule has 1 aromatic heterocycles. The number of primary amides is 1. The van der Waals surface area contributed by atoms with E-state index in [-0.39, 0.29) is 11.4 Å². The summed E-state index contributed by atoms with van der Waals surface area (Å²) in [7, 11) is -3.97. The molecule has 1 saturated heterocycles. The molecule has 1 atom stereocenters. The molecule has 3 N–H and O–H groups in total. The molecule has 2 heterocycles. The van der Waals surface area contributed by atoms with Gasteiger partial charge in [0.15, 0.2) is 0 Å². The van der Waals surface area contributed by atoms with Crippen molar-refractivity contribution in [1.82, 2.24) is 9.29 Å². The van der Waals surface area contributed by atoms with Crippen LogP contribution >= 0.6 is 0 Å². The Bertz CT molecular complexity index is 622. The number of carbonyl (C=O) groups excluding carboxylic acids is 1. The highest BCUT2D eigenvalue weighted by molar-refractivity contribution is 7.89. The van der Waals surface area contributed by atoms with Crippen molar-refractivity contribution in [1.29, 1.82) is 0 Å². The highest BCUT2D eigenvalue weighted by Crippen LogP contribution is 2.23. The van der Waals surface area contributed by atoms with Gasteiger partial charge in [-0.3, -0.25) is 9.59 Å². The Morgan fingerprint density at radius 3 is 2.83 bits per heavy atom. The fourth-order valence-electron chi connectivity index (χ4n) is 2.04. The van der Waals surface area contributed by atoms with Gasteiger partial charge in [-0.2, -0.15) is 4.31 Å². The maximum atomic E-state index is 12.3. The largest absolute Gasteiger partial charge is 0.368 e. The number of nitrogens with two attached hydrogens (primary N) is 1. The van der Waals surface area contributed by atoms with Crippen molar-refractivity contribution in [2.75, 3.05) is 6.54 Å². The quantitative estimate of drug-likeness (QED) is 0.735. The molecule has 7 nitrogen and oxygen atoms in total. The minimum Gasteiger partial charge on any atom is -0.368 e. The lowest BCUT2D eigenvalue weighted by atomic mass is 10.2. The van der Waals surface area contributed by atoms with Gasteiger partial charge in [-0.15, -0.1) is 0 Å².